The number of aliphatic hydroxyl groups excluding tert-OH is 1. The Morgan fingerprint density at radius 1 is 1.21 bits per heavy atom. The molecule has 2 amide bonds. The Balaban J connectivity index is 1.61. The van der Waals surface area contributed by atoms with Gasteiger partial charge in [-0.25, -0.2) is 0 Å². The lowest BCUT2D eigenvalue weighted by atomic mass is 10.0. The molecule has 0 aliphatic carbocycles. The average molecular weight is 599 g/mol. The lowest BCUT2D eigenvalue weighted by molar-refractivity contribution is -0.120. The van der Waals surface area contributed by atoms with Crippen LogP contribution in [0.1, 0.15) is 35.3 Å². The van der Waals surface area contributed by atoms with E-state index in [0.717, 1.165) is 4.47 Å². The Kier molecular flexibility index (Phi) is 8.75. The molecule has 12 heteroatoms. The van der Waals surface area contributed by atoms with Crippen molar-refractivity contribution >= 4 is 55.3 Å². The number of hydrogen-bond donors (Lipinski definition) is 7. The van der Waals surface area contributed by atoms with E-state index < -0.39 is 24.0 Å². The Morgan fingerprint density at radius 3 is 2.65 bits per heavy atom. The molecule has 2 aromatic rings. The Bertz CT molecular complexity index is 1110. The Hall–Kier alpha value is -2.83. The van der Waals surface area contributed by atoms with Gasteiger partial charge in [-0.1, -0.05) is 22.9 Å². The minimum Gasteiger partial charge on any atom is -0.508 e. The molecule has 0 radical (unpaired) electrons. The maximum atomic E-state index is 12.6. The van der Waals surface area contributed by atoms with E-state index in [9.17, 15) is 24.9 Å². The Morgan fingerprint density at radius 2 is 1.97 bits per heavy atom. The minimum absolute atomic E-state index is 0.0331. The molecule has 1 aliphatic heterocycles. The molecule has 1 aliphatic rings. The molecular formula is C22H25Br2N5O5. The van der Waals surface area contributed by atoms with Crippen LogP contribution in [-0.2, 0) is 4.79 Å². The van der Waals surface area contributed by atoms with E-state index in [4.69, 9.17) is 0 Å². The maximum Gasteiger partial charge on any atom is 0.251 e. The van der Waals surface area contributed by atoms with Gasteiger partial charge in [0.2, 0.25) is 5.91 Å². The van der Waals surface area contributed by atoms with Crippen molar-refractivity contribution < 1.29 is 24.9 Å². The van der Waals surface area contributed by atoms with E-state index >= 15 is 0 Å². The number of hydrogen-bond acceptors (Lipinski definition) is 8. The highest BCUT2D eigenvalue weighted by atomic mass is 79.9. The summed E-state index contributed by atoms with van der Waals surface area (Å²) in [5.41, 5.74) is 1.10. The summed E-state index contributed by atoms with van der Waals surface area (Å²) in [6, 6.07) is 7.18. The van der Waals surface area contributed by atoms with Gasteiger partial charge in [-0.05, 0) is 46.6 Å². The third-order valence-corrected chi connectivity index (χ3v) is 6.06. The number of rotatable bonds is 7. The molecule has 0 saturated carbocycles. The minimum atomic E-state index is -0.566. The van der Waals surface area contributed by atoms with Crippen LogP contribution in [0.3, 0.4) is 0 Å². The van der Waals surface area contributed by atoms with Crippen molar-refractivity contribution in [3.8, 4) is 11.5 Å². The average Bonchev–Trinajstić information content (AvgIpc) is 2.79. The molecule has 0 bridgehead atoms. The number of guanidine groups is 1. The number of aliphatic hydroxyl groups is 1. The summed E-state index contributed by atoms with van der Waals surface area (Å²) >= 11 is 6.66. The summed E-state index contributed by atoms with van der Waals surface area (Å²) in [5, 5.41) is 41.0. The first-order valence-electron chi connectivity index (χ1n) is 10.5. The van der Waals surface area contributed by atoms with Gasteiger partial charge in [0.15, 0.2) is 5.96 Å². The number of nitrogens with one attached hydrogen (secondary N) is 4. The van der Waals surface area contributed by atoms with Gasteiger partial charge < -0.3 is 36.6 Å². The number of aromatic hydroxyl groups is 2. The summed E-state index contributed by atoms with van der Waals surface area (Å²) in [4.78, 5) is 29.2. The molecule has 1 unspecified atom stereocenters. The second-order valence-corrected chi connectivity index (χ2v) is 9.42. The van der Waals surface area contributed by atoms with Crippen molar-refractivity contribution in [1.82, 2.24) is 16.0 Å². The van der Waals surface area contributed by atoms with Gasteiger partial charge in [0.05, 0.1) is 29.7 Å². The predicted molar refractivity (Wildman–Crippen MR) is 135 cm³/mol. The van der Waals surface area contributed by atoms with Crippen LogP contribution in [-0.4, -0.2) is 58.8 Å². The first kappa shape index (κ1) is 25.8. The van der Waals surface area contributed by atoms with Crippen molar-refractivity contribution in [3.05, 3.63) is 50.4 Å². The number of phenols is 2. The van der Waals surface area contributed by atoms with Crippen molar-refractivity contribution in [3.63, 3.8) is 0 Å². The lowest BCUT2D eigenvalue weighted by Crippen LogP contribution is -2.42. The fraction of sp³-hybridized carbons (Fsp3) is 0.318. The van der Waals surface area contributed by atoms with E-state index in [-0.39, 0.29) is 30.2 Å². The number of nitrogens with zero attached hydrogens (tertiary/aromatic N) is 1. The molecule has 10 nitrogen and oxygen atoms in total. The fourth-order valence-electron chi connectivity index (χ4n) is 3.33. The second-order valence-electron chi connectivity index (χ2n) is 7.65. The van der Waals surface area contributed by atoms with Crippen LogP contribution in [0.25, 0.3) is 0 Å². The third-order valence-electron chi connectivity index (χ3n) is 4.99. The topological polar surface area (TPSA) is 155 Å². The first-order chi connectivity index (χ1) is 16.2. The zero-order valence-corrected chi connectivity index (χ0v) is 21.4. The molecule has 7 N–H and O–H groups in total. The summed E-state index contributed by atoms with van der Waals surface area (Å²) < 4.78 is 1.24. The monoisotopic (exact) mass is 597 g/mol. The van der Waals surface area contributed by atoms with E-state index in [2.05, 4.69) is 58.1 Å². The lowest BCUT2D eigenvalue weighted by Gasteiger charge is -2.20. The highest BCUT2D eigenvalue weighted by Crippen LogP contribution is 2.36. The quantitative estimate of drug-likeness (QED) is 0.258. The van der Waals surface area contributed by atoms with Gasteiger partial charge in [-0.2, -0.15) is 0 Å². The molecule has 0 spiro atoms. The molecule has 0 aromatic heterocycles. The van der Waals surface area contributed by atoms with E-state index in [0.29, 0.717) is 34.6 Å². The first-order valence-corrected chi connectivity index (χ1v) is 12.1. The summed E-state index contributed by atoms with van der Waals surface area (Å²) in [7, 11) is 0. The zero-order valence-electron chi connectivity index (χ0n) is 18.2. The number of carbonyl (C=O) groups is 2. The highest BCUT2D eigenvalue weighted by molar-refractivity contribution is 9.11. The largest absolute Gasteiger partial charge is 0.508 e. The molecule has 3 rings (SSSR count). The van der Waals surface area contributed by atoms with Crippen LogP contribution in [0.2, 0.25) is 0 Å². The number of aliphatic imine (C=N–C) groups is 1. The fourth-order valence-corrected chi connectivity index (χ4v) is 4.58. The van der Waals surface area contributed by atoms with Gasteiger partial charge in [0, 0.05) is 33.9 Å². The van der Waals surface area contributed by atoms with Gasteiger partial charge in [-0.3, -0.25) is 14.6 Å². The van der Waals surface area contributed by atoms with E-state index in [1.165, 1.54) is 18.2 Å². The number of benzene rings is 2. The highest BCUT2D eigenvalue weighted by Gasteiger charge is 2.20. The smallest absolute Gasteiger partial charge is 0.251 e. The third kappa shape index (κ3) is 6.84. The van der Waals surface area contributed by atoms with Crippen LogP contribution < -0.4 is 21.3 Å². The van der Waals surface area contributed by atoms with Gasteiger partial charge in [0.1, 0.15) is 11.5 Å². The number of amides is 2. The number of anilines is 1. The zero-order chi connectivity index (χ0) is 24.8. The van der Waals surface area contributed by atoms with Crippen LogP contribution in [0.15, 0.2) is 44.3 Å². The van der Waals surface area contributed by atoms with Crippen molar-refractivity contribution in [1.29, 1.82) is 0 Å². The van der Waals surface area contributed by atoms with Crippen molar-refractivity contribution in [2.75, 3.05) is 25.0 Å². The summed E-state index contributed by atoms with van der Waals surface area (Å²) in [5.74, 6) is -0.684. The predicted octanol–water partition coefficient (Wildman–Crippen LogP) is 2.35. The van der Waals surface area contributed by atoms with Crippen molar-refractivity contribution in [2.24, 2.45) is 4.99 Å². The van der Waals surface area contributed by atoms with E-state index in [1.54, 1.807) is 12.1 Å². The SMILES string of the molecule is CC[C@H](NC(=O)CNC(=O)c1cc(O)cc(NC2=NCC(O)CN2)c1)c1cc(Br)cc(Br)c1O. The Labute approximate surface area is 213 Å². The van der Waals surface area contributed by atoms with Gasteiger partial charge in [0.25, 0.3) is 5.91 Å². The molecule has 1 heterocycles. The van der Waals surface area contributed by atoms with Crippen LogP contribution in [0, 0.1) is 0 Å². The van der Waals surface area contributed by atoms with Gasteiger partial charge in [-0.15, -0.1) is 0 Å². The van der Waals surface area contributed by atoms with Crippen LogP contribution in [0.5, 0.6) is 11.5 Å². The number of carbonyl (C=O) groups excluding carboxylic acids is 2. The van der Waals surface area contributed by atoms with Crippen molar-refractivity contribution in [2.45, 2.75) is 25.5 Å². The molecule has 34 heavy (non-hydrogen) atoms. The standard InChI is InChI=1S/C22H25Br2N5O5/c1-2-18(16-5-12(23)6-17(24)20(16)33)29-19(32)10-25-21(34)11-3-13(7-14(30)4-11)28-22-26-8-15(31)9-27-22/h3-7,15,18,30-31,33H,2,8-10H2,1H3,(H,25,34)(H,29,32)(H2,26,27,28)/t18-/m0/s1. The number of β-amino-alcohol motifs (C(OH)–C–C–N with tert-alkyl or cyclic N) is 1. The summed E-state index contributed by atoms with van der Waals surface area (Å²) in [6.45, 7) is 2.14. The number of phenolic OH excluding ortho intramolecular Hbond substituents is 2. The molecular weight excluding hydrogens is 574 g/mol. The molecule has 0 saturated heterocycles. The van der Waals surface area contributed by atoms with Gasteiger partial charge >= 0.3 is 0 Å². The molecule has 182 valence electrons. The van der Waals surface area contributed by atoms with E-state index in [1.807, 2.05) is 6.92 Å². The van der Waals surface area contributed by atoms with Crippen LogP contribution >= 0.6 is 31.9 Å². The number of halogens is 2. The van der Waals surface area contributed by atoms with Crippen LogP contribution in [0.4, 0.5) is 5.69 Å². The summed E-state index contributed by atoms with van der Waals surface area (Å²) in [6.07, 6.45) is -0.0458. The molecule has 0 fully saturated rings. The normalized spacial score (nSPS) is 16.1. The second kappa shape index (κ2) is 11.5. The molecule has 2 aromatic carbocycles. The maximum absolute atomic E-state index is 12.6. The molecule has 2 atom stereocenters.